The van der Waals surface area contributed by atoms with Gasteiger partial charge < -0.3 is 15.4 Å². The topological polar surface area (TPSA) is 67.4 Å². The number of urea groups is 1. The molecular weight excluding hydrogens is 232 g/mol. The number of unbranched alkanes of at least 4 members (excludes halogenated alkanes) is 1. The smallest absolute Gasteiger partial charge is 0.319 e. The molecule has 5 nitrogen and oxygen atoms in total. The first kappa shape index (κ1) is 14.0. The summed E-state index contributed by atoms with van der Waals surface area (Å²) in [5.74, 6) is 0.0217. The number of hydrogen-bond donors (Lipinski definition) is 2. The van der Waals surface area contributed by atoms with Crippen LogP contribution >= 0.6 is 0 Å². The fraction of sp³-hybridized carbons (Fsp3) is 0.385. The third kappa shape index (κ3) is 5.34. The van der Waals surface area contributed by atoms with E-state index in [9.17, 15) is 9.59 Å². The zero-order chi connectivity index (χ0) is 13.4. The van der Waals surface area contributed by atoms with E-state index in [1.54, 1.807) is 24.3 Å². The lowest BCUT2D eigenvalue weighted by Crippen LogP contribution is -2.29. The van der Waals surface area contributed by atoms with Gasteiger partial charge in [-0.2, -0.15) is 0 Å². The highest BCUT2D eigenvalue weighted by molar-refractivity contribution is 5.89. The quantitative estimate of drug-likeness (QED) is 0.479. The summed E-state index contributed by atoms with van der Waals surface area (Å²) in [4.78, 5) is 22.3. The van der Waals surface area contributed by atoms with E-state index in [0.29, 0.717) is 18.0 Å². The molecule has 0 bridgehead atoms. The molecule has 0 aromatic heterocycles. The minimum absolute atomic E-state index is 0.261. The molecule has 18 heavy (non-hydrogen) atoms. The normalized spacial score (nSPS) is 9.67. The Morgan fingerprint density at radius 2 is 2.11 bits per heavy atom. The fourth-order valence-corrected chi connectivity index (χ4v) is 1.36. The van der Waals surface area contributed by atoms with Gasteiger partial charge in [-0.15, -0.1) is 0 Å². The molecule has 2 N–H and O–H groups in total. The van der Waals surface area contributed by atoms with E-state index >= 15 is 0 Å². The molecule has 0 aliphatic carbocycles. The Morgan fingerprint density at radius 3 is 2.78 bits per heavy atom. The SMILES string of the molecule is CCCCNC(=O)Nc1cccc(OC(C)=O)c1. The highest BCUT2D eigenvalue weighted by atomic mass is 16.5. The highest BCUT2D eigenvalue weighted by Gasteiger charge is 2.03. The molecule has 0 unspecified atom stereocenters. The van der Waals surface area contributed by atoms with E-state index in [1.165, 1.54) is 6.92 Å². The molecule has 0 atom stereocenters. The first-order chi connectivity index (χ1) is 8.61. The van der Waals surface area contributed by atoms with Crippen molar-refractivity contribution in [2.75, 3.05) is 11.9 Å². The average molecular weight is 250 g/mol. The number of anilines is 1. The molecule has 0 spiro atoms. The summed E-state index contributed by atoms with van der Waals surface area (Å²) in [5.41, 5.74) is 0.586. The molecular formula is C13H18N2O3. The van der Waals surface area contributed by atoms with Gasteiger partial charge in [-0.3, -0.25) is 4.79 Å². The van der Waals surface area contributed by atoms with E-state index < -0.39 is 0 Å². The summed E-state index contributed by atoms with van der Waals surface area (Å²) in [5, 5.41) is 5.41. The van der Waals surface area contributed by atoms with Gasteiger partial charge in [0, 0.05) is 25.2 Å². The second-order valence-corrected chi connectivity index (χ2v) is 3.86. The Balaban J connectivity index is 2.51. The zero-order valence-corrected chi connectivity index (χ0v) is 10.7. The first-order valence-corrected chi connectivity index (χ1v) is 5.95. The molecule has 0 heterocycles. The van der Waals surface area contributed by atoms with Crippen molar-refractivity contribution in [3.63, 3.8) is 0 Å². The van der Waals surface area contributed by atoms with Crippen LogP contribution < -0.4 is 15.4 Å². The van der Waals surface area contributed by atoms with Crippen LogP contribution in [-0.4, -0.2) is 18.5 Å². The van der Waals surface area contributed by atoms with Gasteiger partial charge in [0.15, 0.2) is 0 Å². The molecule has 0 radical (unpaired) electrons. The van der Waals surface area contributed by atoms with Crippen LogP contribution in [0.15, 0.2) is 24.3 Å². The predicted molar refractivity (Wildman–Crippen MR) is 69.7 cm³/mol. The van der Waals surface area contributed by atoms with Crippen LogP contribution in [0.5, 0.6) is 5.75 Å². The van der Waals surface area contributed by atoms with Gasteiger partial charge in [0.2, 0.25) is 0 Å². The molecule has 0 aliphatic heterocycles. The van der Waals surface area contributed by atoms with Gasteiger partial charge in [0.05, 0.1) is 0 Å². The minimum atomic E-state index is -0.389. The summed E-state index contributed by atoms with van der Waals surface area (Å²) in [6.45, 7) is 4.03. The third-order valence-corrected chi connectivity index (χ3v) is 2.17. The van der Waals surface area contributed by atoms with E-state index in [1.807, 2.05) is 0 Å². The summed E-state index contributed by atoms with van der Waals surface area (Å²) in [7, 11) is 0. The van der Waals surface area contributed by atoms with E-state index in [2.05, 4.69) is 17.6 Å². The van der Waals surface area contributed by atoms with Crippen LogP contribution in [0.2, 0.25) is 0 Å². The van der Waals surface area contributed by atoms with Crippen molar-refractivity contribution in [3.8, 4) is 5.75 Å². The Hall–Kier alpha value is -2.04. The summed E-state index contributed by atoms with van der Waals surface area (Å²) < 4.78 is 4.92. The third-order valence-electron chi connectivity index (χ3n) is 2.17. The Labute approximate surface area is 107 Å². The number of rotatable bonds is 5. The number of benzene rings is 1. The summed E-state index contributed by atoms with van der Waals surface area (Å²) >= 11 is 0. The largest absolute Gasteiger partial charge is 0.427 e. The molecule has 0 saturated carbocycles. The van der Waals surface area contributed by atoms with E-state index in [4.69, 9.17) is 4.74 Å². The van der Waals surface area contributed by atoms with Gasteiger partial charge in [-0.25, -0.2) is 4.79 Å². The number of carbonyl (C=O) groups excluding carboxylic acids is 2. The van der Waals surface area contributed by atoms with Crippen molar-refractivity contribution in [1.82, 2.24) is 5.32 Å². The maximum Gasteiger partial charge on any atom is 0.319 e. The molecule has 5 heteroatoms. The number of nitrogens with one attached hydrogen (secondary N) is 2. The highest BCUT2D eigenvalue weighted by Crippen LogP contribution is 2.17. The number of carbonyl (C=O) groups is 2. The molecule has 0 fully saturated rings. The zero-order valence-electron chi connectivity index (χ0n) is 10.7. The Morgan fingerprint density at radius 1 is 1.33 bits per heavy atom. The van der Waals surface area contributed by atoms with Gasteiger partial charge in [-0.1, -0.05) is 19.4 Å². The first-order valence-electron chi connectivity index (χ1n) is 5.95. The lowest BCUT2D eigenvalue weighted by molar-refractivity contribution is -0.131. The van der Waals surface area contributed by atoms with E-state index in [-0.39, 0.29) is 12.0 Å². The van der Waals surface area contributed by atoms with Gasteiger partial charge in [-0.05, 0) is 18.6 Å². The maximum atomic E-state index is 11.5. The summed E-state index contributed by atoms with van der Waals surface area (Å²) in [6, 6.07) is 6.43. The number of esters is 1. The van der Waals surface area contributed by atoms with Crippen LogP contribution in [0, 0.1) is 0 Å². The molecule has 0 aliphatic rings. The lowest BCUT2D eigenvalue weighted by atomic mass is 10.3. The monoisotopic (exact) mass is 250 g/mol. The fourth-order valence-electron chi connectivity index (χ4n) is 1.36. The van der Waals surface area contributed by atoms with Crippen molar-refractivity contribution in [2.24, 2.45) is 0 Å². The lowest BCUT2D eigenvalue weighted by Gasteiger charge is -2.08. The van der Waals surface area contributed by atoms with Crippen molar-refractivity contribution < 1.29 is 14.3 Å². The minimum Gasteiger partial charge on any atom is -0.427 e. The van der Waals surface area contributed by atoms with Gasteiger partial charge in [0.25, 0.3) is 0 Å². The second-order valence-electron chi connectivity index (χ2n) is 3.86. The van der Waals surface area contributed by atoms with Crippen LogP contribution in [0.4, 0.5) is 10.5 Å². The summed E-state index contributed by atoms with van der Waals surface area (Å²) in [6.07, 6.45) is 1.98. The van der Waals surface area contributed by atoms with Gasteiger partial charge >= 0.3 is 12.0 Å². The van der Waals surface area contributed by atoms with Crippen LogP contribution in [0.1, 0.15) is 26.7 Å². The van der Waals surface area contributed by atoms with Gasteiger partial charge in [0.1, 0.15) is 5.75 Å². The average Bonchev–Trinajstić information content (AvgIpc) is 2.28. The van der Waals surface area contributed by atoms with Crippen LogP contribution in [0.3, 0.4) is 0 Å². The standard InChI is InChI=1S/C13H18N2O3/c1-3-4-8-14-13(17)15-11-6-5-7-12(9-11)18-10(2)16/h5-7,9H,3-4,8H2,1-2H3,(H2,14,15,17). The Bertz CT molecular complexity index is 418. The van der Waals surface area contributed by atoms with Crippen LogP contribution in [-0.2, 0) is 4.79 Å². The van der Waals surface area contributed by atoms with E-state index in [0.717, 1.165) is 12.8 Å². The molecule has 0 saturated heterocycles. The Kier molecular flexibility index (Phi) is 5.70. The number of ether oxygens (including phenoxy) is 1. The molecule has 1 aromatic carbocycles. The molecule has 1 rings (SSSR count). The molecule has 98 valence electrons. The van der Waals surface area contributed by atoms with Crippen molar-refractivity contribution in [1.29, 1.82) is 0 Å². The second kappa shape index (κ2) is 7.32. The van der Waals surface area contributed by atoms with Crippen molar-refractivity contribution >= 4 is 17.7 Å². The van der Waals surface area contributed by atoms with Crippen molar-refractivity contribution in [3.05, 3.63) is 24.3 Å². The molecule has 1 aromatic rings. The maximum absolute atomic E-state index is 11.5. The molecule has 2 amide bonds. The van der Waals surface area contributed by atoms with Crippen LogP contribution in [0.25, 0.3) is 0 Å². The predicted octanol–water partition coefficient (Wildman–Crippen LogP) is 2.53. The number of amides is 2. The van der Waals surface area contributed by atoms with Crippen molar-refractivity contribution in [2.45, 2.75) is 26.7 Å². The number of hydrogen-bond acceptors (Lipinski definition) is 3.